The number of hydrogen-bond acceptors (Lipinski definition) is 5. The average Bonchev–Trinajstić information content (AvgIpc) is 2.88. The van der Waals surface area contributed by atoms with Gasteiger partial charge in [-0.05, 0) is 6.92 Å². The number of carbonyl (C=O) groups is 2. The second-order valence-corrected chi connectivity index (χ2v) is 7.14. The predicted octanol–water partition coefficient (Wildman–Crippen LogP) is 2.60. The van der Waals surface area contributed by atoms with E-state index in [9.17, 15) is 9.59 Å². The number of nitrogens with zero attached hydrogens (tertiary/aromatic N) is 1. The van der Waals surface area contributed by atoms with Crippen LogP contribution in [0.4, 0.5) is 0 Å². The zero-order valence-electron chi connectivity index (χ0n) is 12.7. The van der Waals surface area contributed by atoms with Gasteiger partial charge in [0.15, 0.2) is 0 Å². The van der Waals surface area contributed by atoms with E-state index in [4.69, 9.17) is 5.11 Å². The first-order chi connectivity index (χ1) is 11.1. The number of thioether (sulfide) groups is 1. The highest BCUT2D eigenvalue weighted by Crippen LogP contribution is 2.27. The number of rotatable bonds is 8. The first-order valence-corrected chi connectivity index (χ1v) is 9.11. The van der Waals surface area contributed by atoms with Gasteiger partial charge < -0.3 is 10.4 Å². The molecule has 5 nitrogen and oxygen atoms in total. The minimum atomic E-state index is -0.908. The van der Waals surface area contributed by atoms with E-state index in [1.165, 1.54) is 0 Å². The molecule has 0 aliphatic heterocycles. The monoisotopic (exact) mass is 350 g/mol. The Labute approximate surface area is 143 Å². The summed E-state index contributed by atoms with van der Waals surface area (Å²) in [5.41, 5.74) is 2.09. The molecule has 122 valence electrons. The molecule has 2 N–H and O–H groups in total. The molecule has 1 aromatic carbocycles. The molecule has 0 aliphatic carbocycles. The smallest absolute Gasteiger partial charge is 0.313 e. The van der Waals surface area contributed by atoms with Gasteiger partial charge in [0.25, 0.3) is 0 Å². The van der Waals surface area contributed by atoms with Crippen LogP contribution in [0.15, 0.2) is 30.3 Å². The van der Waals surface area contributed by atoms with E-state index < -0.39 is 5.97 Å². The van der Waals surface area contributed by atoms with Gasteiger partial charge in [0.1, 0.15) is 0 Å². The molecule has 0 saturated carbocycles. The topological polar surface area (TPSA) is 79.3 Å². The Morgan fingerprint density at radius 3 is 2.70 bits per heavy atom. The minimum Gasteiger partial charge on any atom is -0.481 e. The van der Waals surface area contributed by atoms with E-state index in [-0.39, 0.29) is 17.4 Å². The zero-order chi connectivity index (χ0) is 16.7. The molecule has 0 radical (unpaired) electrons. The van der Waals surface area contributed by atoms with Crippen LogP contribution in [0.1, 0.15) is 9.88 Å². The number of carbonyl (C=O) groups excluding carboxylic acids is 1. The van der Waals surface area contributed by atoms with Crippen molar-refractivity contribution in [3.63, 3.8) is 0 Å². The first-order valence-electron chi connectivity index (χ1n) is 7.14. The fourth-order valence-corrected chi connectivity index (χ4v) is 3.53. The van der Waals surface area contributed by atoms with Crippen molar-refractivity contribution in [1.82, 2.24) is 10.3 Å². The van der Waals surface area contributed by atoms with Gasteiger partial charge in [-0.2, -0.15) is 0 Å². The maximum Gasteiger partial charge on any atom is 0.313 e. The number of amides is 1. The molecule has 2 aromatic rings. The number of aromatic nitrogens is 1. The standard InChI is InChI=1S/C16H18N2O3S2/c1-11-16(12-5-3-2-4-6-12)18-14(23-11)7-8-17-13(19)9-22-10-15(20)21/h2-6H,7-10H2,1H3,(H,17,19)(H,20,21). The van der Waals surface area contributed by atoms with Crippen LogP contribution < -0.4 is 5.32 Å². The van der Waals surface area contributed by atoms with Crippen LogP contribution in [0.2, 0.25) is 0 Å². The van der Waals surface area contributed by atoms with E-state index in [0.29, 0.717) is 13.0 Å². The lowest BCUT2D eigenvalue weighted by molar-refractivity contribution is -0.133. The van der Waals surface area contributed by atoms with Gasteiger partial charge in [0, 0.05) is 23.4 Å². The van der Waals surface area contributed by atoms with Gasteiger partial charge in [0.05, 0.1) is 22.2 Å². The number of thiazole rings is 1. The average molecular weight is 350 g/mol. The van der Waals surface area contributed by atoms with Crippen molar-refractivity contribution in [3.8, 4) is 11.3 Å². The van der Waals surface area contributed by atoms with Crippen LogP contribution in [0, 0.1) is 6.92 Å². The summed E-state index contributed by atoms with van der Waals surface area (Å²) in [6, 6.07) is 10.0. The highest BCUT2D eigenvalue weighted by atomic mass is 32.2. The van der Waals surface area contributed by atoms with Crippen LogP contribution in [0.5, 0.6) is 0 Å². The van der Waals surface area contributed by atoms with Crippen molar-refractivity contribution in [2.75, 3.05) is 18.1 Å². The van der Waals surface area contributed by atoms with E-state index in [1.807, 2.05) is 37.3 Å². The highest BCUT2D eigenvalue weighted by molar-refractivity contribution is 8.00. The lowest BCUT2D eigenvalue weighted by Gasteiger charge is -2.02. The van der Waals surface area contributed by atoms with Crippen LogP contribution in [0.25, 0.3) is 11.3 Å². The Balaban J connectivity index is 1.81. The van der Waals surface area contributed by atoms with Gasteiger partial charge in [-0.25, -0.2) is 4.98 Å². The molecule has 0 spiro atoms. The maximum atomic E-state index is 11.6. The lowest BCUT2D eigenvalue weighted by Crippen LogP contribution is -2.27. The molecule has 0 aliphatic rings. The largest absolute Gasteiger partial charge is 0.481 e. The molecule has 0 saturated heterocycles. The Bertz CT molecular complexity index is 671. The van der Waals surface area contributed by atoms with Crippen LogP contribution in [0.3, 0.4) is 0 Å². The molecule has 0 fully saturated rings. The van der Waals surface area contributed by atoms with E-state index in [2.05, 4.69) is 10.3 Å². The quantitative estimate of drug-likeness (QED) is 0.765. The predicted molar refractivity (Wildman–Crippen MR) is 94.0 cm³/mol. The number of benzene rings is 1. The number of hydrogen-bond donors (Lipinski definition) is 2. The van der Waals surface area contributed by atoms with Gasteiger partial charge >= 0.3 is 5.97 Å². The molecular formula is C16H18N2O3S2. The number of carboxylic acid groups (broad SMARTS) is 1. The van der Waals surface area contributed by atoms with Gasteiger partial charge in [-0.15, -0.1) is 23.1 Å². The molecule has 23 heavy (non-hydrogen) atoms. The Morgan fingerprint density at radius 1 is 1.26 bits per heavy atom. The summed E-state index contributed by atoms with van der Waals surface area (Å²) in [5, 5.41) is 12.3. The van der Waals surface area contributed by atoms with Crippen molar-refractivity contribution < 1.29 is 14.7 Å². The summed E-state index contributed by atoms with van der Waals surface area (Å²) in [6.07, 6.45) is 0.674. The lowest BCUT2D eigenvalue weighted by atomic mass is 10.1. The van der Waals surface area contributed by atoms with Crippen molar-refractivity contribution >= 4 is 35.0 Å². The Kier molecular flexibility index (Phi) is 6.61. The number of aliphatic carboxylic acids is 1. The van der Waals surface area contributed by atoms with Crippen molar-refractivity contribution in [2.45, 2.75) is 13.3 Å². The summed E-state index contributed by atoms with van der Waals surface area (Å²) >= 11 is 2.73. The SMILES string of the molecule is Cc1sc(CCNC(=O)CSCC(=O)O)nc1-c1ccccc1. The Morgan fingerprint density at radius 2 is 2.00 bits per heavy atom. The van der Waals surface area contributed by atoms with Crippen molar-refractivity contribution in [2.24, 2.45) is 0 Å². The third-order valence-electron chi connectivity index (χ3n) is 3.01. The second kappa shape index (κ2) is 8.69. The molecule has 0 atom stereocenters. The second-order valence-electron chi connectivity index (χ2n) is 4.86. The fourth-order valence-electron chi connectivity index (χ4n) is 2.01. The highest BCUT2D eigenvalue weighted by Gasteiger charge is 2.10. The van der Waals surface area contributed by atoms with Gasteiger partial charge in [-0.3, -0.25) is 9.59 Å². The molecule has 0 bridgehead atoms. The van der Waals surface area contributed by atoms with Crippen molar-refractivity contribution in [1.29, 1.82) is 0 Å². The van der Waals surface area contributed by atoms with E-state index >= 15 is 0 Å². The fraction of sp³-hybridized carbons (Fsp3) is 0.312. The summed E-state index contributed by atoms with van der Waals surface area (Å²) in [7, 11) is 0. The zero-order valence-corrected chi connectivity index (χ0v) is 14.4. The van der Waals surface area contributed by atoms with Crippen LogP contribution in [-0.2, 0) is 16.0 Å². The normalized spacial score (nSPS) is 10.5. The molecule has 0 unspecified atom stereocenters. The summed E-state index contributed by atoms with van der Waals surface area (Å²) in [5.74, 6) is -0.944. The van der Waals surface area contributed by atoms with E-state index in [1.54, 1.807) is 11.3 Å². The summed E-state index contributed by atoms with van der Waals surface area (Å²) in [4.78, 5) is 27.7. The Hall–Kier alpha value is -1.86. The van der Waals surface area contributed by atoms with Crippen LogP contribution >= 0.6 is 23.1 Å². The first kappa shape index (κ1) is 17.5. The minimum absolute atomic E-state index is 0.0560. The molecule has 1 heterocycles. The third-order valence-corrected chi connectivity index (χ3v) is 4.96. The number of carboxylic acids is 1. The van der Waals surface area contributed by atoms with Crippen molar-refractivity contribution in [3.05, 3.63) is 40.2 Å². The molecular weight excluding hydrogens is 332 g/mol. The van der Waals surface area contributed by atoms with Gasteiger partial charge in [-0.1, -0.05) is 30.3 Å². The molecule has 1 amide bonds. The molecule has 1 aromatic heterocycles. The van der Waals surface area contributed by atoms with E-state index in [0.717, 1.165) is 32.9 Å². The number of aryl methyl sites for hydroxylation is 1. The summed E-state index contributed by atoms with van der Waals surface area (Å²) < 4.78 is 0. The third kappa shape index (κ3) is 5.69. The maximum absolute atomic E-state index is 11.6. The number of nitrogens with one attached hydrogen (secondary N) is 1. The van der Waals surface area contributed by atoms with Crippen LogP contribution in [-0.4, -0.2) is 40.0 Å². The molecule has 7 heteroatoms. The molecule has 2 rings (SSSR count). The summed E-state index contributed by atoms with van der Waals surface area (Å²) in [6.45, 7) is 2.55. The van der Waals surface area contributed by atoms with Gasteiger partial charge in [0.2, 0.25) is 5.91 Å².